The van der Waals surface area contributed by atoms with Crippen LogP contribution in [0.5, 0.6) is 0 Å². The Morgan fingerprint density at radius 1 is 0.818 bits per heavy atom. The van der Waals surface area contributed by atoms with Crippen LogP contribution in [-0.2, 0) is 4.84 Å². The topological polar surface area (TPSA) is 21.6 Å². The fourth-order valence-electron chi connectivity index (χ4n) is 3.68. The first kappa shape index (κ1) is 15.9. The maximum Gasteiger partial charge on any atom is 0.136 e. The van der Waals surface area contributed by atoms with E-state index in [0.717, 1.165) is 17.2 Å². The lowest BCUT2D eigenvalue weighted by Gasteiger charge is -2.19. The van der Waals surface area contributed by atoms with Gasteiger partial charge in [0.1, 0.15) is 6.10 Å². The first-order valence-electron chi connectivity index (χ1n) is 8.84. The zero-order valence-electron chi connectivity index (χ0n) is 13.3. The van der Waals surface area contributed by atoms with E-state index in [1.54, 1.807) is 0 Å². The largest absolute Gasteiger partial charge is 0.392 e. The molecule has 0 unspecified atom stereocenters. The quantitative estimate of drug-likeness (QED) is 0.624. The molecule has 0 spiro atoms. The van der Waals surface area contributed by atoms with E-state index in [9.17, 15) is 0 Å². The molecule has 2 nitrogen and oxygen atoms in total. The lowest BCUT2D eigenvalue weighted by Crippen LogP contribution is -2.24. The van der Waals surface area contributed by atoms with E-state index in [-0.39, 0.29) is 6.10 Å². The van der Waals surface area contributed by atoms with Crippen LogP contribution in [0, 0.1) is 5.92 Å². The Labute approximate surface area is 138 Å². The number of rotatable bonds is 1. The lowest BCUT2D eigenvalue weighted by molar-refractivity contribution is 0.0507. The molecule has 0 N–H and O–H groups in total. The van der Waals surface area contributed by atoms with Crippen molar-refractivity contribution in [3.8, 4) is 0 Å². The van der Waals surface area contributed by atoms with Crippen LogP contribution in [0.4, 0.5) is 0 Å². The van der Waals surface area contributed by atoms with Crippen LogP contribution >= 0.6 is 11.6 Å². The van der Waals surface area contributed by atoms with Gasteiger partial charge >= 0.3 is 0 Å². The van der Waals surface area contributed by atoms with Gasteiger partial charge in [-0.2, -0.15) is 0 Å². The molecular weight excluding hydrogens is 294 g/mol. The molecule has 1 fully saturated rings. The number of oxime groups is 1. The number of halogens is 1. The molecule has 3 rings (SSSR count). The summed E-state index contributed by atoms with van der Waals surface area (Å²) < 4.78 is 0. The molecule has 1 aliphatic heterocycles. The average Bonchev–Trinajstić information content (AvgIpc) is 2.91. The molecule has 0 bridgehead atoms. The predicted molar refractivity (Wildman–Crippen MR) is 92.5 cm³/mol. The van der Waals surface area contributed by atoms with E-state index in [2.05, 4.69) is 17.3 Å². The lowest BCUT2D eigenvalue weighted by atomic mass is 9.85. The third kappa shape index (κ3) is 4.04. The van der Waals surface area contributed by atoms with Crippen LogP contribution in [-0.4, -0.2) is 11.8 Å². The van der Waals surface area contributed by atoms with E-state index in [4.69, 9.17) is 16.4 Å². The minimum absolute atomic E-state index is 0.283. The molecule has 22 heavy (non-hydrogen) atoms. The molecule has 0 amide bonds. The summed E-state index contributed by atoms with van der Waals surface area (Å²) in [6.45, 7) is 0. The summed E-state index contributed by atoms with van der Waals surface area (Å²) in [6.07, 6.45) is 13.4. The summed E-state index contributed by atoms with van der Waals surface area (Å²) in [6, 6.07) is 8.04. The Hall–Kier alpha value is -1.02. The number of nitrogens with zero attached hydrogens (tertiary/aromatic N) is 1. The summed E-state index contributed by atoms with van der Waals surface area (Å²) in [5, 5.41) is 5.22. The molecular formula is C19H26ClNO. The van der Waals surface area contributed by atoms with E-state index in [1.807, 2.05) is 12.1 Å². The highest BCUT2D eigenvalue weighted by molar-refractivity contribution is 6.30. The second-order valence-corrected chi connectivity index (χ2v) is 7.08. The molecule has 0 aromatic heterocycles. The summed E-state index contributed by atoms with van der Waals surface area (Å²) in [5.41, 5.74) is 2.31. The van der Waals surface area contributed by atoms with E-state index in [1.165, 1.54) is 63.4 Å². The van der Waals surface area contributed by atoms with Gasteiger partial charge in [-0.05, 0) is 37.0 Å². The van der Waals surface area contributed by atoms with Crippen molar-refractivity contribution in [2.45, 2.75) is 70.3 Å². The first-order chi connectivity index (χ1) is 10.8. The second-order valence-electron chi connectivity index (χ2n) is 6.64. The van der Waals surface area contributed by atoms with Gasteiger partial charge < -0.3 is 4.84 Å². The molecule has 0 saturated heterocycles. The van der Waals surface area contributed by atoms with Gasteiger partial charge in [-0.3, -0.25) is 0 Å². The van der Waals surface area contributed by atoms with Gasteiger partial charge in [-0.1, -0.05) is 73.8 Å². The minimum atomic E-state index is 0.283. The Morgan fingerprint density at radius 2 is 1.41 bits per heavy atom. The molecule has 1 aromatic carbocycles. The van der Waals surface area contributed by atoms with Crippen LogP contribution in [0.3, 0.4) is 0 Å². The van der Waals surface area contributed by atoms with Crippen molar-refractivity contribution in [1.29, 1.82) is 0 Å². The molecule has 1 saturated carbocycles. The third-order valence-electron chi connectivity index (χ3n) is 4.98. The minimum Gasteiger partial charge on any atom is -0.392 e. The maximum absolute atomic E-state index is 6.01. The summed E-state index contributed by atoms with van der Waals surface area (Å²) in [4.78, 5) is 5.81. The second kappa shape index (κ2) is 8.01. The van der Waals surface area contributed by atoms with Crippen LogP contribution in [0.25, 0.3) is 0 Å². The smallest absolute Gasteiger partial charge is 0.136 e. The van der Waals surface area contributed by atoms with Gasteiger partial charge in [0.2, 0.25) is 0 Å². The van der Waals surface area contributed by atoms with Gasteiger partial charge in [0.15, 0.2) is 0 Å². The average molecular weight is 320 g/mol. The summed E-state index contributed by atoms with van der Waals surface area (Å²) >= 11 is 6.01. The Kier molecular flexibility index (Phi) is 5.77. The summed E-state index contributed by atoms with van der Waals surface area (Å²) in [7, 11) is 0. The molecule has 1 aromatic rings. The first-order valence-corrected chi connectivity index (χ1v) is 9.22. The Morgan fingerprint density at radius 3 is 2.09 bits per heavy atom. The van der Waals surface area contributed by atoms with E-state index >= 15 is 0 Å². The van der Waals surface area contributed by atoms with Crippen molar-refractivity contribution in [2.75, 3.05) is 0 Å². The highest BCUT2D eigenvalue weighted by atomic mass is 35.5. The summed E-state index contributed by atoms with van der Waals surface area (Å²) in [5.74, 6) is 0.459. The molecule has 2 atom stereocenters. The molecule has 0 radical (unpaired) electrons. The van der Waals surface area contributed by atoms with E-state index in [0.29, 0.717) is 5.92 Å². The third-order valence-corrected chi connectivity index (χ3v) is 5.23. The van der Waals surface area contributed by atoms with Crippen molar-refractivity contribution < 1.29 is 4.84 Å². The SMILES string of the molecule is Clc1ccc(C2=NO[C@H]3CCCCCCCCCC[C@@H]23)cc1. The molecule has 1 heterocycles. The Balaban J connectivity index is 1.70. The van der Waals surface area contributed by atoms with Crippen LogP contribution < -0.4 is 0 Å². The van der Waals surface area contributed by atoms with Gasteiger partial charge in [-0.15, -0.1) is 0 Å². The Bertz CT molecular complexity index is 497. The predicted octanol–water partition coefficient (Wildman–Crippen LogP) is 5.97. The highest BCUT2D eigenvalue weighted by Crippen LogP contribution is 2.32. The van der Waals surface area contributed by atoms with Gasteiger partial charge in [-0.25, -0.2) is 0 Å². The number of hydrogen-bond acceptors (Lipinski definition) is 2. The number of benzene rings is 1. The van der Waals surface area contributed by atoms with Crippen molar-refractivity contribution >= 4 is 17.3 Å². The zero-order valence-corrected chi connectivity index (χ0v) is 14.0. The number of hydrogen-bond donors (Lipinski definition) is 0. The van der Waals surface area contributed by atoms with Crippen LogP contribution in [0.2, 0.25) is 5.02 Å². The van der Waals surface area contributed by atoms with Crippen LogP contribution in [0.15, 0.2) is 29.4 Å². The fraction of sp³-hybridized carbons (Fsp3) is 0.632. The maximum atomic E-state index is 6.01. The molecule has 120 valence electrons. The van der Waals surface area contributed by atoms with E-state index < -0.39 is 0 Å². The molecule has 3 heteroatoms. The standard InChI is InChI=1S/C19H26ClNO/c20-16-13-11-15(12-14-16)19-17-9-7-5-3-1-2-4-6-8-10-18(17)22-21-19/h11-14,17-18H,1-10H2/t17-,18+/m1/s1. The molecule has 2 aliphatic rings. The van der Waals surface area contributed by atoms with Crippen molar-refractivity contribution in [3.63, 3.8) is 0 Å². The molecule has 1 aliphatic carbocycles. The van der Waals surface area contributed by atoms with Crippen molar-refractivity contribution in [3.05, 3.63) is 34.9 Å². The van der Waals surface area contributed by atoms with Gasteiger partial charge in [0.25, 0.3) is 0 Å². The number of fused-ring (bicyclic) bond motifs is 1. The fourth-order valence-corrected chi connectivity index (χ4v) is 3.80. The van der Waals surface area contributed by atoms with Gasteiger partial charge in [0, 0.05) is 10.9 Å². The van der Waals surface area contributed by atoms with Crippen LogP contribution in [0.1, 0.15) is 69.8 Å². The zero-order chi connectivity index (χ0) is 15.2. The monoisotopic (exact) mass is 319 g/mol. The van der Waals surface area contributed by atoms with Crippen molar-refractivity contribution in [2.24, 2.45) is 11.1 Å². The van der Waals surface area contributed by atoms with Crippen molar-refractivity contribution in [1.82, 2.24) is 0 Å². The van der Waals surface area contributed by atoms with Gasteiger partial charge in [0.05, 0.1) is 5.71 Å². The highest BCUT2D eigenvalue weighted by Gasteiger charge is 2.34. The normalized spacial score (nSPS) is 27.0.